The van der Waals surface area contributed by atoms with Crippen LogP contribution >= 0.6 is 15.9 Å². The smallest absolute Gasteiger partial charge is 0.224 e. The molecule has 0 saturated heterocycles. The van der Waals surface area contributed by atoms with Gasteiger partial charge < -0.3 is 10.2 Å². The number of aromatic nitrogens is 2. The van der Waals surface area contributed by atoms with E-state index in [1.807, 2.05) is 0 Å². The van der Waals surface area contributed by atoms with E-state index in [2.05, 4.69) is 38.1 Å². The van der Waals surface area contributed by atoms with Crippen LogP contribution in [0.15, 0.2) is 34.9 Å². The lowest BCUT2D eigenvalue weighted by atomic mass is 10.3. The molecule has 0 atom stereocenters. The summed E-state index contributed by atoms with van der Waals surface area (Å²) in [5, 5.41) is 3.12. The van der Waals surface area contributed by atoms with Gasteiger partial charge in [0.15, 0.2) is 5.82 Å². The van der Waals surface area contributed by atoms with Gasteiger partial charge in [0.2, 0.25) is 5.95 Å². The standard InChI is InChI=1S/C14H16BrFN4/c1-3-8-17-14-18-9-10(15)13(19-14)20(2)12-7-5-4-6-11(12)16/h4-7,9H,3,8H2,1-2H3,(H,17,18,19). The molecule has 4 nitrogen and oxygen atoms in total. The maximum Gasteiger partial charge on any atom is 0.224 e. The summed E-state index contributed by atoms with van der Waals surface area (Å²) in [6, 6.07) is 6.59. The summed E-state index contributed by atoms with van der Waals surface area (Å²) in [6.45, 7) is 2.86. The molecule has 0 saturated carbocycles. The predicted octanol–water partition coefficient (Wildman–Crippen LogP) is 3.97. The van der Waals surface area contributed by atoms with Crippen molar-refractivity contribution >= 4 is 33.4 Å². The molecule has 0 spiro atoms. The molecule has 0 aliphatic rings. The van der Waals surface area contributed by atoms with E-state index in [9.17, 15) is 4.39 Å². The van der Waals surface area contributed by atoms with Gasteiger partial charge in [-0.25, -0.2) is 9.37 Å². The van der Waals surface area contributed by atoms with Crippen LogP contribution in [0.2, 0.25) is 0 Å². The van der Waals surface area contributed by atoms with Gasteiger partial charge in [0.25, 0.3) is 0 Å². The van der Waals surface area contributed by atoms with Gasteiger partial charge in [-0.15, -0.1) is 0 Å². The number of hydrogen-bond donors (Lipinski definition) is 1. The van der Waals surface area contributed by atoms with Crippen LogP contribution in [-0.2, 0) is 0 Å². The van der Waals surface area contributed by atoms with Crippen LogP contribution < -0.4 is 10.2 Å². The van der Waals surface area contributed by atoms with Crippen molar-refractivity contribution in [3.8, 4) is 0 Å². The summed E-state index contributed by atoms with van der Waals surface area (Å²) in [4.78, 5) is 10.3. The monoisotopic (exact) mass is 338 g/mol. The second-order valence-corrected chi connectivity index (χ2v) is 5.16. The molecule has 1 heterocycles. The largest absolute Gasteiger partial charge is 0.354 e. The third-order valence-electron chi connectivity index (χ3n) is 2.79. The first kappa shape index (κ1) is 14.7. The Labute approximate surface area is 126 Å². The fourth-order valence-corrected chi connectivity index (χ4v) is 2.21. The first-order valence-corrected chi connectivity index (χ1v) is 7.17. The molecule has 0 aliphatic carbocycles. The lowest BCUT2D eigenvalue weighted by Gasteiger charge is -2.20. The number of halogens is 2. The Morgan fingerprint density at radius 3 is 2.80 bits per heavy atom. The number of benzene rings is 1. The van der Waals surface area contributed by atoms with Gasteiger partial charge in [-0.2, -0.15) is 4.98 Å². The molecule has 2 rings (SSSR count). The second kappa shape index (κ2) is 6.65. The van der Waals surface area contributed by atoms with E-state index in [4.69, 9.17) is 0 Å². The SMILES string of the molecule is CCCNc1ncc(Br)c(N(C)c2ccccc2F)n1. The fraction of sp³-hybridized carbons (Fsp3) is 0.286. The van der Waals surface area contributed by atoms with Crippen molar-refractivity contribution in [2.45, 2.75) is 13.3 Å². The number of para-hydroxylation sites is 1. The van der Waals surface area contributed by atoms with Crippen LogP contribution in [0, 0.1) is 5.82 Å². The lowest BCUT2D eigenvalue weighted by molar-refractivity contribution is 0.627. The van der Waals surface area contributed by atoms with Crippen molar-refractivity contribution in [3.05, 3.63) is 40.8 Å². The van der Waals surface area contributed by atoms with Gasteiger partial charge in [0, 0.05) is 19.8 Å². The Morgan fingerprint density at radius 1 is 1.35 bits per heavy atom. The minimum Gasteiger partial charge on any atom is -0.354 e. The fourth-order valence-electron chi connectivity index (χ4n) is 1.75. The zero-order valence-electron chi connectivity index (χ0n) is 11.4. The Bertz CT molecular complexity index is 591. The molecule has 0 fully saturated rings. The van der Waals surface area contributed by atoms with Crippen LogP contribution in [0.5, 0.6) is 0 Å². The zero-order valence-corrected chi connectivity index (χ0v) is 13.0. The van der Waals surface area contributed by atoms with E-state index in [-0.39, 0.29) is 5.82 Å². The molecule has 0 amide bonds. The molecular formula is C14H16BrFN4. The average Bonchev–Trinajstić information content (AvgIpc) is 2.46. The third kappa shape index (κ3) is 3.25. The quantitative estimate of drug-likeness (QED) is 0.895. The molecule has 0 unspecified atom stereocenters. The molecule has 0 bridgehead atoms. The number of anilines is 3. The average molecular weight is 339 g/mol. The highest BCUT2D eigenvalue weighted by atomic mass is 79.9. The van der Waals surface area contributed by atoms with E-state index in [0.29, 0.717) is 21.9 Å². The topological polar surface area (TPSA) is 41.1 Å². The van der Waals surface area contributed by atoms with Crippen LogP contribution in [0.25, 0.3) is 0 Å². The van der Waals surface area contributed by atoms with Crippen molar-refractivity contribution in [1.82, 2.24) is 9.97 Å². The summed E-state index contributed by atoms with van der Waals surface area (Å²) >= 11 is 3.40. The molecule has 0 radical (unpaired) electrons. The van der Waals surface area contributed by atoms with Crippen molar-refractivity contribution < 1.29 is 4.39 Å². The normalized spacial score (nSPS) is 10.4. The third-order valence-corrected chi connectivity index (χ3v) is 3.35. The number of hydrogen-bond acceptors (Lipinski definition) is 4. The predicted molar refractivity (Wildman–Crippen MR) is 83.0 cm³/mol. The zero-order chi connectivity index (χ0) is 14.5. The van der Waals surface area contributed by atoms with Crippen molar-refractivity contribution in [2.24, 2.45) is 0 Å². The molecule has 106 valence electrons. The second-order valence-electron chi connectivity index (χ2n) is 4.30. The summed E-state index contributed by atoms with van der Waals surface area (Å²) in [5.74, 6) is 0.862. The number of rotatable bonds is 5. The summed E-state index contributed by atoms with van der Waals surface area (Å²) < 4.78 is 14.6. The maximum atomic E-state index is 13.8. The van der Waals surface area contributed by atoms with E-state index < -0.39 is 0 Å². The minimum atomic E-state index is -0.288. The molecule has 2 aromatic rings. The first-order chi connectivity index (χ1) is 9.63. The molecule has 20 heavy (non-hydrogen) atoms. The maximum absolute atomic E-state index is 13.8. The number of nitrogens with one attached hydrogen (secondary N) is 1. The van der Waals surface area contributed by atoms with Gasteiger partial charge in [-0.1, -0.05) is 19.1 Å². The van der Waals surface area contributed by atoms with Gasteiger partial charge in [0.05, 0.1) is 10.2 Å². The highest BCUT2D eigenvalue weighted by Gasteiger charge is 2.14. The summed E-state index contributed by atoms with van der Waals surface area (Å²) in [5.41, 5.74) is 0.466. The van der Waals surface area contributed by atoms with Gasteiger partial charge in [-0.05, 0) is 34.5 Å². The number of nitrogens with zero attached hydrogens (tertiary/aromatic N) is 3. The Hall–Kier alpha value is -1.69. The van der Waals surface area contributed by atoms with Crippen molar-refractivity contribution in [1.29, 1.82) is 0 Å². The van der Waals surface area contributed by atoms with Crippen molar-refractivity contribution in [3.63, 3.8) is 0 Å². The molecular weight excluding hydrogens is 323 g/mol. The Balaban J connectivity index is 2.33. The van der Waals surface area contributed by atoms with E-state index >= 15 is 0 Å². The minimum absolute atomic E-state index is 0.288. The van der Waals surface area contributed by atoms with Crippen LogP contribution in [0.4, 0.5) is 21.8 Å². The molecule has 1 aromatic heterocycles. The van der Waals surface area contributed by atoms with Crippen LogP contribution in [0.3, 0.4) is 0 Å². The van der Waals surface area contributed by atoms with E-state index in [1.165, 1.54) is 6.07 Å². The first-order valence-electron chi connectivity index (χ1n) is 6.38. The van der Waals surface area contributed by atoms with E-state index in [1.54, 1.807) is 36.3 Å². The highest BCUT2D eigenvalue weighted by Crippen LogP contribution is 2.30. The Kier molecular flexibility index (Phi) is 4.89. The molecule has 1 N–H and O–H groups in total. The van der Waals surface area contributed by atoms with E-state index in [0.717, 1.165) is 13.0 Å². The van der Waals surface area contributed by atoms with Crippen LogP contribution in [-0.4, -0.2) is 23.6 Å². The molecule has 6 heteroatoms. The van der Waals surface area contributed by atoms with Crippen molar-refractivity contribution in [2.75, 3.05) is 23.8 Å². The summed E-state index contributed by atoms with van der Waals surface area (Å²) in [7, 11) is 1.77. The van der Waals surface area contributed by atoms with Gasteiger partial charge in [-0.3, -0.25) is 0 Å². The molecule has 0 aliphatic heterocycles. The summed E-state index contributed by atoms with van der Waals surface area (Å²) in [6.07, 6.45) is 2.65. The van der Waals surface area contributed by atoms with Gasteiger partial charge >= 0.3 is 0 Å². The highest BCUT2D eigenvalue weighted by molar-refractivity contribution is 9.10. The molecule has 1 aromatic carbocycles. The van der Waals surface area contributed by atoms with Crippen LogP contribution in [0.1, 0.15) is 13.3 Å². The Morgan fingerprint density at radius 2 is 2.10 bits per heavy atom. The lowest BCUT2D eigenvalue weighted by Crippen LogP contribution is -2.15. The van der Waals surface area contributed by atoms with Gasteiger partial charge in [0.1, 0.15) is 5.82 Å².